The van der Waals surface area contributed by atoms with Gasteiger partial charge in [0, 0.05) is 44.8 Å². The Balaban J connectivity index is 1.94. The highest BCUT2D eigenvalue weighted by Crippen LogP contribution is 2.14. The normalized spacial score (nSPS) is 19.2. The molecule has 0 aromatic carbocycles. The minimum atomic E-state index is -0.171. The van der Waals surface area contributed by atoms with Crippen molar-refractivity contribution in [1.82, 2.24) is 20.0 Å². The first-order valence-corrected chi connectivity index (χ1v) is 7.27. The van der Waals surface area contributed by atoms with Crippen LogP contribution in [0.15, 0.2) is 17.1 Å². The molecule has 1 saturated heterocycles. The molecule has 1 aliphatic heterocycles. The Labute approximate surface area is 120 Å². The zero-order valence-corrected chi connectivity index (χ0v) is 12.6. The minimum absolute atomic E-state index is 0.171. The fourth-order valence-electron chi connectivity index (χ4n) is 2.64. The highest BCUT2D eigenvalue weighted by molar-refractivity contribution is 5.38. The summed E-state index contributed by atoms with van der Waals surface area (Å²) < 4.78 is 0. The third kappa shape index (κ3) is 4.05. The van der Waals surface area contributed by atoms with Gasteiger partial charge in [0.05, 0.1) is 11.9 Å². The van der Waals surface area contributed by atoms with Gasteiger partial charge in [0.25, 0.3) is 5.56 Å². The van der Waals surface area contributed by atoms with Gasteiger partial charge in [0.1, 0.15) is 0 Å². The second-order valence-corrected chi connectivity index (χ2v) is 5.87. The summed E-state index contributed by atoms with van der Waals surface area (Å²) in [6.45, 7) is 9.79. The van der Waals surface area contributed by atoms with E-state index in [1.165, 1.54) is 0 Å². The maximum absolute atomic E-state index is 11.2. The molecule has 1 aliphatic rings. The molecule has 1 unspecified atom stereocenters. The van der Waals surface area contributed by atoms with Gasteiger partial charge in [-0.1, -0.05) is 13.8 Å². The van der Waals surface area contributed by atoms with Crippen LogP contribution in [0, 0.1) is 5.92 Å². The van der Waals surface area contributed by atoms with Crippen LogP contribution in [-0.2, 0) is 0 Å². The van der Waals surface area contributed by atoms with Crippen molar-refractivity contribution < 1.29 is 0 Å². The quantitative estimate of drug-likeness (QED) is 0.819. The topological polar surface area (TPSA) is 64.3 Å². The average molecular weight is 279 g/mol. The fraction of sp³-hybridized carbons (Fsp3) is 0.714. The molecule has 2 heterocycles. The Morgan fingerprint density at radius 1 is 1.35 bits per heavy atom. The Morgan fingerprint density at radius 3 is 2.65 bits per heavy atom. The maximum atomic E-state index is 11.2. The molecule has 0 saturated carbocycles. The molecule has 6 nitrogen and oxygen atoms in total. The summed E-state index contributed by atoms with van der Waals surface area (Å²) in [5.74, 6) is 0.570. The molecule has 0 amide bonds. The monoisotopic (exact) mass is 279 g/mol. The van der Waals surface area contributed by atoms with Crippen molar-refractivity contribution in [3.63, 3.8) is 0 Å². The summed E-state index contributed by atoms with van der Waals surface area (Å²) in [6.07, 6.45) is 1.66. The molecular weight excluding hydrogens is 254 g/mol. The van der Waals surface area contributed by atoms with E-state index in [4.69, 9.17) is 0 Å². The van der Waals surface area contributed by atoms with E-state index in [0.717, 1.165) is 38.4 Å². The molecule has 20 heavy (non-hydrogen) atoms. The number of aromatic amines is 1. The van der Waals surface area contributed by atoms with Crippen molar-refractivity contribution in [2.24, 2.45) is 5.92 Å². The molecule has 6 heteroatoms. The summed E-state index contributed by atoms with van der Waals surface area (Å²) in [7, 11) is 2.17. The van der Waals surface area contributed by atoms with E-state index in [9.17, 15) is 4.79 Å². The van der Waals surface area contributed by atoms with Gasteiger partial charge >= 0.3 is 0 Å². The number of anilines is 1. The lowest BCUT2D eigenvalue weighted by atomic mass is 10.0. The van der Waals surface area contributed by atoms with Crippen LogP contribution in [0.1, 0.15) is 13.8 Å². The van der Waals surface area contributed by atoms with Crippen LogP contribution in [0.25, 0.3) is 0 Å². The third-order valence-corrected chi connectivity index (χ3v) is 3.96. The Hall–Kier alpha value is -1.40. The first kappa shape index (κ1) is 15.0. The molecule has 0 aliphatic carbocycles. The predicted molar refractivity (Wildman–Crippen MR) is 81.0 cm³/mol. The number of piperazine rings is 1. The number of hydrogen-bond donors (Lipinski definition) is 2. The number of hydrogen-bond acceptors (Lipinski definition) is 5. The number of H-pyrrole nitrogens is 1. The van der Waals surface area contributed by atoms with Crippen LogP contribution in [0.3, 0.4) is 0 Å². The molecule has 0 bridgehead atoms. The molecule has 0 radical (unpaired) electrons. The lowest BCUT2D eigenvalue weighted by molar-refractivity contribution is 0.0944. The van der Waals surface area contributed by atoms with Gasteiger partial charge in [-0.05, 0) is 13.0 Å². The van der Waals surface area contributed by atoms with Crippen LogP contribution >= 0.6 is 0 Å². The van der Waals surface area contributed by atoms with Crippen molar-refractivity contribution in [3.05, 3.63) is 22.6 Å². The van der Waals surface area contributed by atoms with Gasteiger partial charge in [-0.25, -0.2) is 5.10 Å². The Bertz CT molecular complexity index is 465. The molecule has 1 atom stereocenters. The number of rotatable bonds is 5. The molecule has 0 spiro atoms. The number of aromatic nitrogens is 2. The molecule has 2 N–H and O–H groups in total. The molecular formula is C14H25N5O. The van der Waals surface area contributed by atoms with Crippen molar-refractivity contribution in [3.8, 4) is 0 Å². The van der Waals surface area contributed by atoms with Crippen molar-refractivity contribution in [2.45, 2.75) is 19.9 Å². The summed E-state index contributed by atoms with van der Waals surface area (Å²) >= 11 is 0. The van der Waals surface area contributed by atoms with Gasteiger partial charge < -0.3 is 10.2 Å². The summed E-state index contributed by atoms with van der Waals surface area (Å²) in [5.41, 5.74) is 0.615. The van der Waals surface area contributed by atoms with E-state index in [0.29, 0.717) is 12.0 Å². The van der Waals surface area contributed by atoms with E-state index >= 15 is 0 Å². The number of nitrogens with one attached hydrogen (secondary N) is 2. The third-order valence-electron chi connectivity index (χ3n) is 3.96. The standard InChI is InChI=1S/C14H25N5O/c1-11(2)13(19-6-4-18(3)5-7-19)10-15-12-8-14(20)17-16-9-12/h8-9,11,13H,4-7,10H2,1-3H3,(H2,15,17,20). The van der Waals surface area contributed by atoms with Gasteiger partial charge in [0.2, 0.25) is 0 Å². The first-order valence-electron chi connectivity index (χ1n) is 7.27. The van der Waals surface area contributed by atoms with E-state index in [2.05, 4.69) is 46.2 Å². The Morgan fingerprint density at radius 2 is 2.05 bits per heavy atom. The van der Waals surface area contributed by atoms with Gasteiger partial charge in [0.15, 0.2) is 0 Å². The lowest BCUT2D eigenvalue weighted by Crippen LogP contribution is -2.52. The molecule has 1 aromatic rings. The SMILES string of the molecule is CC(C)C(CNc1cn[nH]c(=O)c1)N1CCN(C)CC1. The minimum Gasteiger partial charge on any atom is -0.382 e. The van der Waals surface area contributed by atoms with E-state index in [1.807, 2.05) is 0 Å². The molecule has 1 aromatic heterocycles. The van der Waals surface area contributed by atoms with Crippen LogP contribution in [-0.4, -0.2) is 65.8 Å². The van der Waals surface area contributed by atoms with Crippen molar-refractivity contribution >= 4 is 5.69 Å². The molecule has 2 rings (SSSR count). The van der Waals surface area contributed by atoms with Crippen LogP contribution < -0.4 is 10.9 Å². The fourth-order valence-corrected chi connectivity index (χ4v) is 2.64. The highest BCUT2D eigenvalue weighted by atomic mass is 16.1. The second-order valence-electron chi connectivity index (χ2n) is 5.87. The van der Waals surface area contributed by atoms with Gasteiger partial charge in [-0.3, -0.25) is 9.69 Å². The van der Waals surface area contributed by atoms with Crippen LogP contribution in [0.5, 0.6) is 0 Å². The Kier molecular flexibility index (Phi) is 5.14. The molecule has 112 valence electrons. The average Bonchev–Trinajstić information content (AvgIpc) is 2.41. The van der Waals surface area contributed by atoms with Crippen LogP contribution in [0.4, 0.5) is 5.69 Å². The predicted octanol–water partition coefficient (Wildman–Crippen LogP) is 0.454. The first-order chi connectivity index (χ1) is 9.56. The van der Waals surface area contributed by atoms with E-state index < -0.39 is 0 Å². The van der Waals surface area contributed by atoms with E-state index in [-0.39, 0.29) is 5.56 Å². The summed E-state index contributed by atoms with van der Waals surface area (Å²) in [6, 6.07) is 2.02. The lowest BCUT2D eigenvalue weighted by Gasteiger charge is -2.40. The smallest absolute Gasteiger partial charge is 0.266 e. The highest BCUT2D eigenvalue weighted by Gasteiger charge is 2.24. The van der Waals surface area contributed by atoms with Gasteiger partial charge in [-0.15, -0.1) is 0 Å². The van der Waals surface area contributed by atoms with Crippen molar-refractivity contribution in [1.29, 1.82) is 0 Å². The molecule has 1 fully saturated rings. The van der Waals surface area contributed by atoms with Crippen molar-refractivity contribution in [2.75, 3.05) is 45.1 Å². The van der Waals surface area contributed by atoms with Gasteiger partial charge in [-0.2, -0.15) is 5.10 Å². The summed E-state index contributed by atoms with van der Waals surface area (Å²) in [4.78, 5) is 16.1. The zero-order valence-electron chi connectivity index (χ0n) is 12.6. The largest absolute Gasteiger partial charge is 0.382 e. The zero-order chi connectivity index (χ0) is 14.5. The number of likely N-dealkylation sites (N-methyl/N-ethyl adjacent to an activating group) is 1. The number of nitrogens with zero attached hydrogens (tertiary/aromatic N) is 3. The summed E-state index contributed by atoms with van der Waals surface area (Å²) in [5, 5.41) is 9.54. The maximum Gasteiger partial charge on any atom is 0.266 e. The second kappa shape index (κ2) is 6.85. The van der Waals surface area contributed by atoms with Crippen LogP contribution in [0.2, 0.25) is 0 Å². The van der Waals surface area contributed by atoms with E-state index in [1.54, 1.807) is 12.3 Å².